The first kappa shape index (κ1) is 27.4. The number of nitrogens with zero attached hydrogens (tertiary/aromatic N) is 2. The maximum Gasteiger partial charge on any atom is 0.419 e. The Bertz CT molecular complexity index is 1450. The van der Waals surface area contributed by atoms with E-state index in [1.165, 1.54) is 42.8 Å². The predicted octanol–water partition coefficient (Wildman–Crippen LogP) is 4.80. The van der Waals surface area contributed by atoms with E-state index in [4.69, 9.17) is 9.52 Å². The van der Waals surface area contributed by atoms with Crippen molar-refractivity contribution in [3.8, 4) is 0 Å². The number of anilines is 1. The van der Waals surface area contributed by atoms with Crippen LogP contribution < -0.4 is 10.7 Å². The third-order valence-corrected chi connectivity index (χ3v) is 6.14. The van der Waals surface area contributed by atoms with Gasteiger partial charge in [-0.2, -0.15) is 13.2 Å². The lowest BCUT2D eigenvalue weighted by Gasteiger charge is -2.17. The van der Waals surface area contributed by atoms with Crippen molar-refractivity contribution in [3.05, 3.63) is 75.4 Å². The van der Waals surface area contributed by atoms with Crippen LogP contribution in [0.15, 0.2) is 57.4 Å². The van der Waals surface area contributed by atoms with Crippen molar-refractivity contribution < 1.29 is 37.1 Å². The number of carbonyl (C=O) groups excluding carboxylic acids is 2. The largest absolute Gasteiger partial charge is 0.478 e. The minimum atomic E-state index is -4.20. The SMILES string of the molecule is CC(=O)/C(=C\N(C(C)=O)c1ccc2c(c1)oc(=O)n2C)C(=O)O.CC1CCc2c1cccc2C(F)(F)F. The number of carbonyl (C=O) groups is 3. The van der Waals surface area contributed by atoms with E-state index in [1.54, 1.807) is 6.07 Å². The molecule has 1 amide bonds. The number of hydrogen-bond donors (Lipinski definition) is 1. The van der Waals surface area contributed by atoms with Crippen LogP contribution >= 0.6 is 0 Å². The maximum absolute atomic E-state index is 12.6. The standard InChI is InChI=1S/C15H14N2O6.C11H11F3/c1-8(18)11(14(20)21)7-17(9(2)19)10-4-5-12-13(6-10)23-15(22)16(12)3;1-7-5-6-9-8(7)3-2-4-10(9)11(12,13)14/h4-7H,1-3H3,(H,20,21);2-4,7H,5-6H2,1H3/b11-7+;. The molecular formula is C26H25F3N2O6. The topological polar surface area (TPSA) is 110 Å². The predicted molar refractivity (Wildman–Crippen MR) is 129 cm³/mol. The molecule has 0 aliphatic heterocycles. The van der Waals surface area contributed by atoms with Crippen LogP contribution in [-0.2, 0) is 34.0 Å². The number of carboxylic acids is 1. The van der Waals surface area contributed by atoms with Crippen molar-refractivity contribution in [2.75, 3.05) is 4.90 Å². The van der Waals surface area contributed by atoms with Gasteiger partial charge in [0.2, 0.25) is 5.91 Å². The average molecular weight is 518 g/mol. The van der Waals surface area contributed by atoms with Gasteiger partial charge in [0.25, 0.3) is 0 Å². The van der Waals surface area contributed by atoms with E-state index in [2.05, 4.69) is 0 Å². The van der Waals surface area contributed by atoms with Crippen molar-refractivity contribution in [1.82, 2.24) is 4.57 Å². The average Bonchev–Trinajstić information content (AvgIpc) is 3.32. The first-order valence-corrected chi connectivity index (χ1v) is 11.3. The molecule has 37 heavy (non-hydrogen) atoms. The Labute approximate surface area is 209 Å². The molecule has 0 bridgehead atoms. The van der Waals surface area contributed by atoms with E-state index in [1.807, 2.05) is 13.0 Å². The number of aliphatic carboxylic acids is 1. The molecule has 0 saturated heterocycles. The van der Waals surface area contributed by atoms with Crippen molar-refractivity contribution >= 4 is 34.4 Å². The molecule has 1 aromatic heterocycles. The van der Waals surface area contributed by atoms with Crippen molar-refractivity contribution in [3.63, 3.8) is 0 Å². The van der Waals surface area contributed by atoms with Crippen LogP contribution in [0.4, 0.5) is 18.9 Å². The second-order valence-corrected chi connectivity index (χ2v) is 8.68. The monoisotopic (exact) mass is 518 g/mol. The zero-order chi connectivity index (χ0) is 27.7. The number of halogens is 3. The normalized spacial score (nSPS) is 15.1. The molecular weight excluding hydrogens is 493 g/mol. The van der Waals surface area contributed by atoms with Crippen LogP contribution in [0.2, 0.25) is 0 Å². The van der Waals surface area contributed by atoms with Gasteiger partial charge in [0.05, 0.1) is 16.8 Å². The van der Waals surface area contributed by atoms with Crippen molar-refractivity contribution in [1.29, 1.82) is 0 Å². The zero-order valence-corrected chi connectivity index (χ0v) is 20.5. The Morgan fingerprint density at radius 3 is 2.41 bits per heavy atom. The van der Waals surface area contributed by atoms with Crippen LogP contribution in [0.25, 0.3) is 11.1 Å². The molecule has 0 saturated carbocycles. The zero-order valence-electron chi connectivity index (χ0n) is 20.5. The molecule has 8 nitrogen and oxygen atoms in total. The van der Waals surface area contributed by atoms with Gasteiger partial charge in [-0.15, -0.1) is 0 Å². The van der Waals surface area contributed by atoms with Crippen LogP contribution in [0, 0.1) is 0 Å². The van der Waals surface area contributed by atoms with E-state index in [0.717, 1.165) is 30.0 Å². The molecule has 1 aliphatic carbocycles. The number of aryl methyl sites for hydroxylation is 1. The van der Waals surface area contributed by atoms with Gasteiger partial charge in [-0.3, -0.25) is 19.1 Å². The van der Waals surface area contributed by atoms with Gasteiger partial charge < -0.3 is 9.52 Å². The van der Waals surface area contributed by atoms with Crippen LogP contribution in [0.1, 0.15) is 49.8 Å². The van der Waals surface area contributed by atoms with Crippen LogP contribution in [0.5, 0.6) is 0 Å². The molecule has 1 heterocycles. The van der Waals surface area contributed by atoms with Gasteiger partial charge in [0, 0.05) is 26.2 Å². The lowest BCUT2D eigenvalue weighted by Crippen LogP contribution is -2.25. The maximum atomic E-state index is 12.6. The highest BCUT2D eigenvalue weighted by Crippen LogP contribution is 2.40. The summed E-state index contributed by atoms with van der Waals surface area (Å²) in [6.45, 7) is 4.30. The summed E-state index contributed by atoms with van der Waals surface area (Å²) in [6, 6.07) is 9.00. The summed E-state index contributed by atoms with van der Waals surface area (Å²) in [5, 5.41) is 9.04. The van der Waals surface area contributed by atoms with Gasteiger partial charge in [0.15, 0.2) is 11.4 Å². The molecule has 1 unspecified atom stereocenters. The van der Waals surface area contributed by atoms with Gasteiger partial charge in [0.1, 0.15) is 5.57 Å². The Morgan fingerprint density at radius 2 is 1.84 bits per heavy atom. The number of alkyl halides is 3. The molecule has 0 fully saturated rings. The highest BCUT2D eigenvalue weighted by molar-refractivity contribution is 6.16. The number of aromatic nitrogens is 1. The number of fused-ring (bicyclic) bond motifs is 2. The molecule has 2 aromatic carbocycles. The van der Waals surface area contributed by atoms with Gasteiger partial charge in [-0.25, -0.2) is 9.59 Å². The molecule has 0 radical (unpaired) electrons. The molecule has 1 N–H and O–H groups in total. The molecule has 196 valence electrons. The Morgan fingerprint density at radius 1 is 1.16 bits per heavy atom. The van der Waals surface area contributed by atoms with Crippen molar-refractivity contribution in [2.45, 2.75) is 45.7 Å². The third-order valence-electron chi connectivity index (χ3n) is 6.14. The van der Waals surface area contributed by atoms with E-state index in [0.29, 0.717) is 17.5 Å². The number of ketones is 1. The van der Waals surface area contributed by atoms with E-state index in [9.17, 15) is 32.3 Å². The van der Waals surface area contributed by atoms with Crippen LogP contribution in [0.3, 0.4) is 0 Å². The van der Waals surface area contributed by atoms with Gasteiger partial charge >= 0.3 is 17.9 Å². The number of carboxylic acid groups (broad SMARTS) is 1. The highest BCUT2D eigenvalue weighted by Gasteiger charge is 2.36. The van der Waals surface area contributed by atoms with E-state index < -0.39 is 40.7 Å². The first-order valence-electron chi connectivity index (χ1n) is 11.3. The van der Waals surface area contributed by atoms with Gasteiger partial charge in [-0.1, -0.05) is 19.1 Å². The summed E-state index contributed by atoms with van der Waals surface area (Å²) < 4.78 is 44.0. The summed E-state index contributed by atoms with van der Waals surface area (Å²) in [5.41, 5.74) is 1.45. The van der Waals surface area contributed by atoms with Crippen LogP contribution in [-0.4, -0.2) is 27.3 Å². The molecule has 4 rings (SSSR count). The number of rotatable bonds is 4. The summed E-state index contributed by atoms with van der Waals surface area (Å²) in [7, 11) is 1.54. The second-order valence-electron chi connectivity index (χ2n) is 8.68. The number of amides is 1. The second kappa shape index (κ2) is 10.5. The molecule has 1 aliphatic rings. The van der Waals surface area contributed by atoms with Gasteiger partial charge in [-0.05, 0) is 55.0 Å². The third kappa shape index (κ3) is 5.82. The Hall–Kier alpha value is -4.15. The fourth-order valence-corrected chi connectivity index (χ4v) is 4.17. The lowest BCUT2D eigenvalue weighted by atomic mass is 10.00. The Kier molecular flexibility index (Phi) is 7.75. The summed E-state index contributed by atoms with van der Waals surface area (Å²) >= 11 is 0. The van der Waals surface area contributed by atoms with E-state index >= 15 is 0 Å². The Balaban J connectivity index is 0.000000231. The summed E-state index contributed by atoms with van der Waals surface area (Å²) in [6.07, 6.45) is -1.85. The van der Waals surface area contributed by atoms with Crippen molar-refractivity contribution in [2.24, 2.45) is 7.05 Å². The summed E-state index contributed by atoms with van der Waals surface area (Å²) in [4.78, 5) is 46.8. The summed E-state index contributed by atoms with van der Waals surface area (Å²) in [5.74, 6) is -2.90. The number of hydrogen-bond acceptors (Lipinski definition) is 5. The number of oxazole rings is 1. The van der Waals surface area contributed by atoms with E-state index in [-0.39, 0.29) is 17.2 Å². The molecule has 1 atom stereocenters. The highest BCUT2D eigenvalue weighted by atomic mass is 19.4. The quantitative estimate of drug-likeness (QED) is 0.302. The fourth-order valence-electron chi connectivity index (χ4n) is 4.17. The fraction of sp³-hybridized carbons (Fsp3) is 0.308. The lowest BCUT2D eigenvalue weighted by molar-refractivity contribution is -0.138. The smallest absolute Gasteiger partial charge is 0.419 e. The molecule has 0 spiro atoms. The minimum Gasteiger partial charge on any atom is -0.478 e. The minimum absolute atomic E-state index is 0.245. The molecule has 11 heteroatoms. The number of Topliss-reactive ketones (excluding diaryl/α,β-unsaturated/α-hetero) is 1. The first-order chi connectivity index (χ1) is 17.2. The molecule has 3 aromatic rings. The number of benzene rings is 2.